The summed E-state index contributed by atoms with van der Waals surface area (Å²) in [5.74, 6) is 1.36. The van der Waals surface area contributed by atoms with E-state index >= 15 is 0 Å². The van der Waals surface area contributed by atoms with Gasteiger partial charge in [0, 0.05) is 16.7 Å². The molecule has 3 aromatic heterocycles. The van der Waals surface area contributed by atoms with Crippen molar-refractivity contribution in [2.24, 2.45) is 0 Å². The quantitative estimate of drug-likeness (QED) is 0.415. The summed E-state index contributed by atoms with van der Waals surface area (Å²) in [6.45, 7) is 4.09. The lowest BCUT2D eigenvalue weighted by Gasteiger charge is -1.98. The molecule has 6 heteroatoms. The molecule has 0 unspecified atom stereocenters. The molecule has 0 aliphatic carbocycles. The maximum atomic E-state index is 13.0. The van der Waals surface area contributed by atoms with Crippen molar-refractivity contribution in [2.45, 2.75) is 13.8 Å². The van der Waals surface area contributed by atoms with Gasteiger partial charge in [0.25, 0.3) is 5.56 Å². The zero-order valence-corrected chi connectivity index (χ0v) is 16.8. The number of furan rings is 1. The molecule has 0 bridgehead atoms. The molecule has 0 fully saturated rings. The Morgan fingerprint density at radius 3 is 2.61 bits per heavy atom. The van der Waals surface area contributed by atoms with E-state index in [2.05, 4.69) is 11.9 Å². The first-order valence-electron chi connectivity index (χ1n) is 8.79. The van der Waals surface area contributed by atoms with Gasteiger partial charge >= 0.3 is 0 Å². The second-order valence-electron chi connectivity index (χ2n) is 6.78. The topological polar surface area (TPSA) is 47.5 Å². The molecule has 138 valence electrons. The predicted octanol–water partition coefficient (Wildman–Crippen LogP) is 4.99. The molecule has 0 atom stereocenters. The maximum absolute atomic E-state index is 13.0. The van der Waals surface area contributed by atoms with Gasteiger partial charge < -0.3 is 4.42 Å². The third kappa shape index (κ3) is 2.75. The smallest absolute Gasteiger partial charge is 0.275 e. The molecule has 0 radical (unpaired) electrons. The van der Waals surface area contributed by atoms with Crippen molar-refractivity contribution in [3.63, 3.8) is 0 Å². The Balaban J connectivity index is 1.62. The van der Waals surface area contributed by atoms with Crippen LogP contribution < -0.4 is 10.1 Å². The predicted molar refractivity (Wildman–Crippen MR) is 114 cm³/mol. The molecule has 0 N–H and O–H groups in total. The van der Waals surface area contributed by atoms with Gasteiger partial charge in [-0.2, -0.15) is 0 Å². The molecule has 3 heterocycles. The summed E-state index contributed by atoms with van der Waals surface area (Å²) in [5.41, 5.74) is 4.87. The first-order valence-corrected chi connectivity index (χ1v) is 9.99. The van der Waals surface area contributed by atoms with Crippen molar-refractivity contribution in [1.82, 2.24) is 9.38 Å². The Hall–Kier alpha value is -2.89. The van der Waals surface area contributed by atoms with E-state index < -0.39 is 0 Å². The van der Waals surface area contributed by atoms with Crippen molar-refractivity contribution in [1.29, 1.82) is 0 Å². The van der Waals surface area contributed by atoms with Gasteiger partial charge in [0.2, 0.25) is 0 Å². The lowest BCUT2D eigenvalue weighted by Crippen LogP contribution is -2.22. The molecule has 4 nitrogen and oxygen atoms in total. The third-order valence-corrected chi connectivity index (χ3v) is 6.10. The van der Waals surface area contributed by atoms with Gasteiger partial charge in [0.05, 0.1) is 11.0 Å². The summed E-state index contributed by atoms with van der Waals surface area (Å²) < 4.78 is 8.18. The van der Waals surface area contributed by atoms with Crippen molar-refractivity contribution in [2.75, 3.05) is 0 Å². The maximum Gasteiger partial charge on any atom is 0.275 e. The number of fused-ring (bicyclic) bond motifs is 3. The molecule has 0 spiro atoms. The van der Waals surface area contributed by atoms with E-state index in [-0.39, 0.29) is 5.56 Å². The van der Waals surface area contributed by atoms with Gasteiger partial charge in [-0.1, -0.05) is 22.9 Å². The Labute approximate surface area is 169 Å². The summed E-state index contributed by atoms with van der Waals surface area (Å²) >= 11 is 7.31. The molecule has 28 heavy (non-hydrogen) atoms. The third-order valence-electron chi connectivity index (χ3n) is 4.88. The monoisotopic (exact) mass is 406 g/mol. The molecule has 0 amide bonds. The van der Waals surface area contributed by atoms with Crippen LogP contribution in [0.5, 0.6) is 0 Å². The Morgan fingerprint density at radius 2 is 1.82 bits per heavy atom. The molecule has 5 rings (SSSR count). The molecular formula is C22H15ClN2O2S. The summed E-state index contributed by atoms with van der Waals surface area (Å²) in [6.07, 6.45) is 1.77. The number of hydrogen-bond acceptors (Lipinski definition) is 4. The molecule has 0 aliphatic rings. The average molecular weight is 407 g/mol. The van der Waals surface area contributed by atoms with Gasteiger partial charge in [-0.25, -0.2) is 9.38 Å². The van der Waals surface area contributed by atoms with E-state index in [1.165, 1.54) is 16.9 Å². The first kappa shape index (κ1) is 17.2. The first-order chi connectivity index (χ1) is 13.5. The molecule has 0 saturated heterocycles. The van der Waals surface area contributed by atoms with E-state index in [1.54, 1.807) is 10.5 Å². The zero-order valence-electron chi connectivity index (χ0n) is 15.2. The molecule has 0 saturated carbocycles. The Kier molecular flexibility index (Phi) is 3.89. The minimum Gasteiger partial charge on any atom is -0.457 e. The molecule has 2 aromatic carbocycles. The summed E-state index contributed by atoms with van der Waals surface area (Å²) in [4.78, 5) is 18.3. The van der Waals surface area contributed by atoms with E-state index in [4.69, 9.17) is 16.0 Å². The number of aryl methyl sites for hydroxylation is 2. The lowest BCUT2D eigenvalue weighted by molar-refractivity contribution is 0.571. The number of halogens is 1. The summed E-state index contributed by atoms with van der Waals surface area (Å²) in [5, 5.41) is 0.678. The van der Waals surface area contributed by atoms with Gasteiger partial charge in [-0.3, -0.25) is 4.79 Å². The van der Waals surface area contributed by atoms with Crippen LogP contribution in [-0.4, -0.2) is 9.38 Å². The highest BCUT2D eigenvalue weighted by atomic mass is 35.5. The van der Waals surface area contributed by atoms with Crippen LogP contribution in [0.4, 0.5) is 0 Å². The van der Waals surface area contributed by atoms with Crippen LogP contribution >= 0.6 is 22.9 Å². The van der Waals surface area contributed by atoms with Gasteiger partial charge in [0.1, 0.15) is 16.1 Å². The average Bonchev–Trinajstić information content (AvgIpc) is 3.34. The van der Waals surface area contributed by atoms with Crippen molar-refractivity contribution in [3.8, 4) is 11.3 Å². The fourth-order valence-electron chi connectivity index (χ4n) is 3.25. The van der Waals surface area contributed by atoms with E-state index in [0.29, 0.717) is 20.3 Å². The SMILES string of the molecule is Cc1cc2nc3sc(=Cc4ccc(-c5ccc(Cl)cc5)o4)c(=O)n3c2cc1C. The summed E-state index contributed by atoms with van der Waals surface area (Å²) in [6, 6.07) is 15.2. The molecule has 0 aliphatic heterocycles. The van der Waals surface area contributed by atoms with E-state index in [9.17, 15) is 4.79 Å². The highest BCUT2D eigenvalue weighted by Crippen LogP contribution is 2.24. The number of nitrogens with zero attached hydrogens (tertiary/aromatic N) is 2. The van der Waals surface area contributed by atoms with E-state index in [1.807, 2.05) is 55.5 Å². The number of thiazole rings is 1. The Morgan fingerprint density at radius 1 is 1.07 bits per heavy atom. The number of imidazole rings is 1. The van der Waals surface area contributed by atoms with Crippen LogP contribution in [0.2, 0.25) is 5.02 Å². The van der Waals surface area contributed by atoms with Gasteiger partial charge in [0.15, 0.2) is 4.96 Å². The van der Waals surface area contributed by atoms with Gasteiger partial charge in [-0.15, -0.1) is 0 Å². The van der Waals surface area contributed by atoms with Crippen molar-refractivity contribution < 1.29 is 4.42 Å². The van der Waals surface area contributed by atoms with Crippen molar-refractivity contribution >= 4 is 45.0 Å². The highest BCUT2D eigenvalue weighted by Gasteiger charge is 2.13. The van der Waals surface area contributed by atoms with Crippen LogP contribution in [0.25, 0.3) is 33.4 Å². The minimum absolute atomic E-state index is 0.0739. The minimum atomic E-state index is -0.0739. The fourth-order valence-corrected chi connectivity index (χ4v) is 4.34. The summed E-state index contributed by atoms with van der Waals surface area (Å²) in [7, 11) is 0. The second kappa shape index (κ2) is 6.33. The number of benzene rings is 2. The molecular weight excluding hydrogens is 392 g/mol. The second-order valence-corrected chi connectivity index (χ2v) is 8.23. The lowest BCUT2D eigenvalue weighted by atomic mass is 10.1. The fraction of sp³-hybridized carbons (Fsp3) is 0.0909. The number of aromatic nitrogens is 2. The van der Waals surface area contributed by atoms with Crippen LogP contribution in [0, 0.1) is 13.8 Å². The largest absolute Gasteiger partial charge is 0.457 e. The molecule has 5 aromatic rings. The van der Waals surface area contributed by atoms with E-state index in [0.717, 1.165) is 27.9 Å². The van der Waals surface area contributed by atoms with Crippen molar-refractivity contribution in [3.05, 3.63) is 85.3 Å². The van der Waals surface area contributed by atoms with Crippen LogP contribution in [0.1, 0.15) is 16.9 Å². The zero-order chi connectivity index (χ0) is 19.4. The number of rotatable bonds is 2. The van der Waals surface area contributed by atoms with Crippen LogP contribution in [0.15, 0.2) is 57.7 Å². The normalized spacial score (nSPS) is 12.5. The Bertz CT molecular complexity index is 1460. The van der Waals surface area contributed by atoms with Crippen LogP contribution in [-0.2, 0) is 0 Å². The number of hydrogen-bond donors (Lipinski definition) is 0. The highest BCUT2D eigenvalue weighted by molar-refractivity contribution is 7.15. The van der Waals surface area contributed by atoms with Gasteiger partial charge in [-0.05, 0) is 73.5 Å². The standard InChI is InChI=1S/C22H15ClN2O2S/c1-12-9-17-18(10-13(12)2)25-21(26)20(28-22(25)24-17)11-16-7-8-19(27-16)14-3-5-15(23)6-4-14/h3-11H,1-2H3. The van der Waals surface area contributed by atoms with Crippen LogP contribution in [0.3, 0.4) is 0 Å².